The minimum absolute atomic E-state index is 0.360. The number of rotatable bonds is 2. The predicted octanol–water partition coefficient (Wildman–Crippen LogP) is 6.33. The van der Waals surface area contributed by atoms with E-state index in [1.54, 1.807) is 0 Å². The lowest BCUT2D eigenvalue weighted by molar-refractivity contribution is -0.138. The van der Waals surface area contributed by atoms with Crippen LogP contribution in [0.2, 0.25) is 0 Å². The van der Waals surface area contributed by atoms with Crippen LogP contribution in [0.4, 0.5) is 35.1 Å². The summed E-state index contributed by atoms with van der Waals surface area (Å²) in [7, 11) is 0. The maximum absolute atomic E-state index is 13.0. The first kappa shape index (κ1) is 17.2. The maximum Gasteiger partial charge on any atom is 0.416 e. The average molecular weight is 340 g/mol. The zero-order valence-electron chi connectivity index (χ0n) is 11.1. The largest absolute Gasteiger partial charge is 0.416 e. The van der Waals surface area contributed by atoms with Gasteiger partial charge in [-0.05, 0) is 35.4 Å². The van der Waals surface area contributed by atoms with Gasteiger partial charge in [-0.25, -0.2) is 8.78 Å². The smallest absolute Gasteiger partial charge is 0.205 e. The van der Waals surface area contributed by atoms with Crippen LogP contribution in [0, 0.1) is 0 Å². The molecule has 8 heteroatoms. The molecule has 0 unspecified atom stereocenters. The summed E-state index contributed by atoms with van der Waals surface area (Å²) in [5.41, 5.74) is -4.05. The molecule has 23 heavy (non-hydrogen) atoms. The standard InChI is InChI=1S/C15H8F8/c16-13(17)11-5-4-10(15(21,22)23)7-12(11)8-2-1-3-9(6-8)14(18,19)20/h1-7,13H. The molecular weight excluding hydrogens is 332 g/mol. The number of halogens is 8. The Morgan fingerprint density at radius 1 is 0.696 bits per heavy atom. The van der Waals surface area contributed by atoms with Gasteiger partial charge in [-0.15, -0.1) is 0 Å². The lowest BCUT2D eigenvalue weighted by Crippen LogP contribution is -2.07. The third-order valence-electron chi connectivity index (χ3n) is 3.12. The van der Waals surface area contributed by atoms with Gasteiger partial charge < -0.3 is 0 Å². The molecule has 0 saturated carbocycles. The van der Waals surface area contributed by atoms with Gasteiger partial charge in [0.25, 0.3) is 6.43 Å². The fraction of sp³-hybridized carbons (Fsp3) is 0.200. The van der Waals surface area contributed by atoms with Crippen LogP contribution in [-0.2, 0) is 12.4 Å². The van der Waals surface area contributed by atoms with Crippen LogP contribution >= 0.6 is 0 Å². The number of benzene rings is 2. The van der Waals surface area contributed by atoms with Crippen LogP contribution in [-0.4, -0.2) is 0 Å². The van der Waals surface area contributed by atoms with E-state index >= 15 is 0 Å². The van der Waals surface area contributed by atoms with Crippen molar-refractivity contribution in [1.29, 1.82) is 0 Å². The van der Waals surface area contributed by atoms with Crippen molar-refractivity contribution in [2.45, 2.75) is 18.8 Å². The lowest BCUT2D eigenvalue weighted by atomic mass is 9.96. The predicted molar refractivity (Wildman–Crippen MR) is 66.8 cm³/mol. The van der Waals surface area contributed by atoms with Gasteiger partial charge in [0.15, 0.2) is 0 Å². The second-order valence-electron chi connectivity index (χ2n) is 4.68. The molecule has 0 fully saturated rings. The summed E-state index contributed by atoms with van der Waals surface area (Å²) in [6.07, 6.45) is -12.7. The van der Waals surface area contributed by atoms with E-state index < -0.39 is 41.0 Å². The molecule has 0 bridgehead atoms. The van der Waals surface area contributed by atoms with Crippen molar-refractivity contribution in [3.8, 4) is 11.1 Å². The molecule has 0 radical (unpaired) electrons. The molecule has 0 N–H and O–H groups in total. The summed E-state index contributed by atoms with van der Waals surface area (Å²) in [6.45, 7) is 0. The van der Waals surface area contributed by atoms with E-state index in [1.807, 2.05) is 0 Å². The van der Waals surface area contributed by atoms with Gasteiger partial charge in [0.05, 0.1) is 11.1 Å². The minimum Gasteiger partial charge on any atom is -0.205 e. The monoisotopic (exact) mass is 340 g/mol. The zero-order chi connectivity index (χ0) is 17.4. The molecule has 0 atom stereocenters. The summed E-state index contributed by atoms with van der Waals surface area (Å²) < 4.78 is 102. The van der Waals surface area contributed by atoms with E-state index in [9.17, 15) is 35.1 Å². The van der Waals surface area contributed by atoms with Crippen LogP contribution in [0.5, 0.6) is 0 Å². The molecule has 0 aliphatic carbocycles. The molecule has 0 amide bonds. The first-order chi connectivity index (χ1) is 10.5. The van der Waals surface area contributed by atoms with Gasteiger partial charge in [-0.3, -0.25) is 0 Å². The summed E-state index contributed by atoms with van der Waals surface area (Å²) >= 11 is 0. The Morgan fingerprint density at radius 2 is 1.26 bits per heavy atom. The van der Waals surface area contributed by atoms with Crippen molar-refractivity contribution in [2.75, 3.05) is 0 Å². The lowest BCUT2D eigenvalue weighted by Gasteiger charge is -2.15. The van der Waals surface area contributed by atoms with Gasteiger partial charge >= 0.3 is 12.4 Å². The third kappa shape index (κ3) is 3.80. The van der Waals surface area contributed by atoms with E-state index in [0.29, 0.717) is 30.3 Å². The highest BCUT2D eigenvalue weighted by Gasteiger charge is 2.33. The van der Waals surface area contributed by atoms with Gasteiger partial charge in [0.1, 0.15) is 0 Å². The molecule has 2 aromatic carbocycles. The Labute approximate surface area is 125 Å². The van der Waals surface area contributed by atoms with Crippen molar-refractivity contribution in [3.63, 3.8) is 0 Å². The highest BCUT2D eigenvalue weighted by atomic mass is 19.4. The first-order valence-corrected chi connectivity index (χ1v) is 6.17. The van der Waals surface area contributed by atoms with E-state index in [-0.39, 0.29) is 5.56 Å². The minimum atomic E-state index is -4.79. The Hall–Kier alpha value is -2.12. The SMILES string of the molecule is FC(F)c1ccc(C(F)(F)F)cc1-c1cccc(C(F)(F)F)c1. The Kier molecular flexibility index (Phi) is 4.37. The molecule has 2 aromatic rings. The number of hydrogen-bond acceptors (Lipinski definition) is 0. The van der Waals surface area contributed by atoms with Gasteiger partial charge in [0, 0.05) is 5.56 Å². The van der Waals surface area contributed by atoms with Crippen LogP contribution in [0.3, 0.4) is 0 Å². The Bertz CT molecular complexity index is 697. The van der Waals surface area contributed by atoms with Crippen molar-refractivity contribution >= 4 is 0 Å². The maximum atomic E-state index is 13.0. The van der Waals surface area contributed by atoms with Crippen molar-refractivity contribution in [2.24, 2.45) is 0 Å². The molecule has 0 aliphatic heterocycles. The fourth-order valence-electron chi connectivity index (χ4n) is 2.04. The van der Waals surface area contributed by atoms with E-state index in [1.165, 1.54) is 0 Å². The second-order valence-corrected chi connectivity index (χ2v) is 4.68. The first-order valence-electron chi connectivity index (χ1n) is 6.17. The van der Waals surface area contributed by atoms with E-state index in [2.05, 4.69) is 0 Å². The van der Waals surface area contributed by atoms with Crippen molar-refractivity contribution in [3.05, 3.63) is 59.2 Å². The molecule has 0 nitrogen and oxygen atoms in total. The summed E-state index contributed by atoms with van der Waals surface area (Å²) in [5, 5.41) is 0. The van der Waals surface area contributed by atoms with E-state index in [4.69, 9.17) is 0 Å². The summed E-state index contributed by atoms with van der Waals surface area (Å²) in [5.74, 6) is 0. The van der Waals surface area contributed by atoms with Crippen molar-refractivity contribution in [1.82, 2.24) is 0 Å². The molecule has 0 heterocycles. The quantitative estimate of drug-likeness (QED) is 0.561. The molecule has 0 aliphatic rings. The normalized spacial score (nSPS) is 12.7. The average Bonchev–Trinajstić information content (AvgIpc) is 2.45. The van der Waals surface area contributed by atoms with Crippen LogP contribution in [0.15, 0.2) is 42.5 Å². The summed E-state index contributed by atoms with van der Waals surface area (Å²) in [6, 6.07) is 4.73. The van der Waals surface area contributed by atoms with Crippen LogP contribution in [0.25, 0.3) is 11.1 Å². The van der Waals surface area contributed by atoms with Crippen molar-refractivity contribution < 1.29 is 35.1 Å². The fourth-order valence-corrected chi connectivity index (χ4v) is 2.04. The molecular formula is C15H8F8. The number of hydrogen-bond donors (Lipinski definition) is 0. The highest BCUT2D eigenvalue weighted by molar-refractivity contribution is 5.69. The third-order valence-corrected chi connectivity index (χ3v) is 3.12. The Balaban J connectivity index is 2.65. The van der Waals surface area contributed by atoms with Gasteiger partial charge in [0.2, 0.25) is 0 Å². The van der Waals surface area contributed by atoms with Crippen LogP contribution < -0.4 is 0 Å². The number of alkyl halides is 8. The Morgan fingerprint density at radius 3 is 1.78 bits per heavy atom. The zero-order valence-corrected chi connectivity index (χ0v) is 11.1. The molecule has 2 rings (SSSR count). The van der Waals surface area contributed by atoms with Gasteiger partial charge in [-0.1, -0.05) is 18.2 Å². The second kappa shape index (κ2) is 5.82. The van der Waals surface area contributed by atoms with Crippen LogP contribution in [0.1, 0.15) is 23.1 Å². The molecule has 0 aromatic heterocycles. The van der Waals surface area contributed by atoms with Gasteiger partial charge in [-0.2, -0.15) is 26.3 Å². The van der Waals surface area contributed by atoms with E-state index in [0.717, 1.165) is 12.1 Å². The highest BCUT2D eigenvalue weighted by Crippen LogP contribution is 2.39. The molecule has 0 spiro atoms. The summed E-state index contributed by atoms with van der Waals surface area (Å²) in [4.78, 5) is 0. The topological polar surface area (TPSA) is 0 Å². The molecule has 124 valence electrons. The molecule has 0 saturated heterocycles.